The van der Waals surface area contributed by atoms with Gasteiger partial charge in [-0.05, 0) is 36.6 Å². The van der Waals surface area contributed by atoms with Crippen LogP contribution < -0.4 is 10.6 Å². The Labute approximate surface area is 195 Å². The van der Waals surface area contributed by atoms with E-state index in [0.29, 0.717) is 6.54 Å². The summed E-state index contributed by atoms with van der Waals surface area (Å²) in [5, 5.41) is 6.89. The van der Waals surface area contributed by atoms with Gasteiger partial charge >= 0.3 is 0 Å². The summed E-state index contributed by atoms with van der Waals surface area (Å²) in [5.41, 5.74) is 3.61. The SMILES string of the molecule is CCNC(=NCc1ccc(-n2ccnc2C)nc1)NCC(c1ccccc1)c1ccccc1. The van der Waals surface area contributed by atoms with Crippen molar-refractivity contribution < 1.29 is 0 Å². The lowest BCUT2D eigenvalue weighted by Gasteiger charge is -2.20. The van der Waals surface area contributed by atoms with Crippen LogP contribution in [0.15, 0.2) is 96.4 Å². The van der Waals surface area contributed by atoms with Crippen LogP contribution >= 0.6 is 0 Å². The molecule has 0 spiro atoms. The van der Waals surface area contributed by atoms with Crippen molar-refractivity contribution in [3.05, 3.63) is 114 Å². The fourth-order valence-electron chi connectivity index (χ4n) is 3.78. The van der Waals surface area contributed by atoms with E-state index in [4.69, 9.17) is 4.99 Å². The molecule has 0 atom stereocenters. The van der Waals surface area contributed by atoms with Crippen LogP contribution in [0, 0.1) is 6.92 Å². The van der Waals surface area contributed by atoms with Gasteiger partial charge in [0.2, 0.25) is 0 Å². The molecule has 0 aliphatic carbocycles. The molecule has 4 aromatic rings. The average Bonchev–Trinajstić information content (AvgIpc) is 3.30. The molecule has 0 amide bonds. The highest BCUT2D eigenvalue weighted by Crippen LogP contribution is 2.23. The molecule has 2 N–H and O–H groups in total. The number of pyridine rings is 1. The van der Waals surface area contributed by atoms with Crippen molar-refractivity contribution in [2.24, 2.45) is 4.99 Å². The molecule has 33 heavy (non-hydrogen) atoms. The summed E-state index contributed by atoms with van der Waals surface area (Å²) in [6.07, 6.45) is 5.57. The summed E-state index contributed by atoms with van der Waals surface area (Å²) in [6.45, 7) is 6.13. The summed E-state index contributed by atoms with van der Waals surface area (Å²) >= 11 is 0. The van der Waals surface area contributed by atoms with Crippen LogP contribution in [0.3, 0.4) is 0 Å². The lowest BCUT2D eigenvalue weighted by Crippen LogP contribution is -2.39. The van der Waals surface area contributed by atoms with Crippen LogP contribution in [0.4, 0.5) is 0 Å². The van der Waals surface area contributed by atoms with E-state index in [9.17, 15) is 0 Å². The highest BCUT2D eigenvalue weighted by Gasteiger charge is 2.14. The first-order valence-corrected chi connectivity index (χ1v) is 11.3. The minimum Gasteiger partial charge on any atom is -0.357 e. The van der Waals surface area contributed by atoms with E-state index in [-0.39, 0.29) is 5.92 Å². The molecule has 0 aliphatic rings. The molecule has 0 saturated heterocycles. The molecular formula is C27H30N6. The second-order valence-electron chi connectivity index (χ2n) is 7.82. The third kappa shape index (κ3) is 5.86. The van der Waals surface area contributed by atoms with Crippen LogP contribution in [-0.2, 0) is 6.54 Å². The number of guanidine groups is 1. The Kier molecular flexibility index (Phi) is 7.48. The molecule has 0 bridgehead atoms. The molecule has 0 fully saturated rings. The van der Waals surface area contributed by atoms with Gasteiger partial charge in [0.1, 0.15) is 11.6 Å². The number of hydrogen-bond acceptors (Lipinski definition) is 3. The molecule has 0 aliphatic heterocycles. The van der Waals surface area contributed by atoms with Crippen molar-refractivity contribution in [1.82, 2.24) is 25.2 Å². The molecule has 4 rings (SSSR count). The second-order valence-corrected chi connectivity index (χ2v) is 7.82. The van der Waals surface area contributed by atoms with Crippen molar-refractivity contribution >= 4 is 5.96 Å². The highest BCUT2D eigenvalue weighted by molar-refractivity contribution is 5.79. The monoisotopic (exact) mass is 438 g/mol. The topological polar surface area (TPSA) is 67.1 Å². The van der Waals surface area contributed by atoms with Crippen molar-refractivity contribution in [3.63, 3.8) is 0 Å². The zero-order valence-corrected chi connectivity index (χ0v) is 19.1. The first-order valence-electron chi connectivity index (χ1n) is 11.3. The predicted octanol–water partition coefficient (Wildman–Crippen LogP) is 4.46. The maximum Gasteiger partial charge on any atom is 0.191 e. The summed E-state index contributed by atoms with van der Waals surface area (Å²) < 4.78 is 1.96. The summed E-state index contributed by atoms with van der Waals surface area (Å²) in [6, 6.07) is 25.2. The molecule has 0 saturated carbocycles. The second kappa shape index (κ2) is 11.1. The number of aromatic nitrogens is 3. The van der Waals surface area contributed by atoms with Gasteiger partial charge in [0.05, 0.1) is 6.54 Å². The van der Waals surface area contributed by atoms with Gasteiger partial charge in [-0.25, -0.2) is 15.0 Å². The zero-order valence-electron chi connectivity index (χ0n) is 19.1. The first kappa shape index (κ1) is 22.3. The van der Waals surface area contributed by atoms with E-state index in [1.807, 2.05) is 30.0 Å². The van der Waals surface area contributed by atoms with E-state index in [2.05, 4.69) is 94.3 Å². The van der Waals surface area contributed by atoms with Crippen LogP contribution in [0.25, 0.3) is 5.82 Å². The Morgan fingerprint density at radius 2 is 1.61 bits per heavy atom. The maximum atomic E-state index is 4.79. The normalized spacial score (nSPS) is 11.5. The molecule has 168 valence electrons. The number of nitrogens with one attached hydrogen (secondary N) is 2. The number of benzene rings is 2. The van der Waals surface area contributed by atoms with Gasteiger partial charge < -0.3 is 10.6 Å². The number of rotatable bonds is 8. The minimum atomic E-state index is 0.232. The summed E-state index contributed by atoms with van der Waals surface area (Å²) in [5.74, 6) is 2.80. The van der Waals surface area contributed by atoms with E-state index < -0.39 is 0 Å². The Balaban J connectivity index is 1.45. The molecule has 2 aromatic carbocycles. The van der Waals surface area contributed by atoms with Crippen molar-refractivity contribution in [3.8, 4) is 5.82 Å². The minimum absolute atomic E-state index is 0.232. The highest BCUT2D eigenvalue weighted by atomic mass is 15.2. The molecule has 6 heteroatoms. The molecule has 6 nitrogen and oxygen atoms in total. The van der Waals surface area contributed by atoms with Crippen LogP contribution in [0.5, 0.6) is 0 Å². The van der Waals surface area contributed by atoms with Crippen molar-refractivity contribution in [1.29, 1.82) is 0 Å². The lowest BCUT2D eigenvalue weighted by molar-refractivity contribution is 0.729. The summed E-state index contributed by atoms with van der Waals surface area (Å²) in [4.78, 5) is 13.6. The smallest absolute Gasteiger partial charge is 0.191 e. The molecule has 2 aromatic heterocycles. The van der Waals surface area contributed by atoms with E-state index in [1.165, 1.54) is 11.1 Å². The lowest BCUT2D eigenvalue weighted by atomic mass is 9.91. The fourth-order valence-corrected chi connectivity index (χ4v) is 3.78. The van der Waals surface area contributed by atoms with E-state index in [0.717, 1.165) is 36.3 Å². The van der Waals surface area contributed by atoms with E-state index >= 15 is 0 Å². The van der Waals surface area contributed by atoms with Gasteiger partial charge in [-0.1, -0.05) is 66.7 Å². The fraction of sp³-hybridized carbons (Fsp3) is 0.222. The average molecular weight is 439 g/mol. The molecule has 2 heterocycles. The standard InChI is InChI=1S/C27H30N6/c1-3-28-27(31-19-22-14-15-26(30-18-22)33-17-16-29-21(33)2)32-20-25(23-10-6-4-7-11-23)24-12-8-5-9-13-24/h4-18,25H,3,19-20H2,1-2H3,(H2,28,31,32). The van der Waals surface area contributed by atoms with Crippen LogP contribution in [0.1, 0.15) is 35.4 Å². The number of aliphatic imine (C=N–C) groups is 1. The predicted molar refractivity (Wildman–Crippen MR) is 134 cm³/mol. The van der Waals surface area contributed by atoms with Gasteiger partial charge in [-0.2, -0.15) is 0 Å². The zero-order chi connectivity index (χ0) is 22.9. The number of nitrogens with zero attached hydrogens (tertiary/aromatic N) is 4. The van der Waals surface area contributed by atoms with Crippen molar-refractivity contribution in [2.75, 3.05) is 13.1 Å². The number of aryl methyl sites for hydroxylation is 1. The maximum absolute atomic E-state index is 4.79. The summed E-state index contributed by atoms with van der Waals surface area (Å²) in [7, 11) is 0. The quantitative estimate of drug-likeness (QED) is 0.315. The molecule has 0 unspecified atom stereocenters. The third-order valence-electron chi connectivity index (χ3n) is 5.52. The van der Waals surface area contributed by atoms with E-state index in [1.54, 1.807) is 6.20 Å². The Morgan fingerprint density at radius 1 is 0.909 bits per heavy atom. The van der Waals surface area contributed by atoms with Gasteiger partial charge in [0, 0.05) is 37.6 Å². The van der Waals surface area contributed by atoms with Gasteiger partial charge in [0.15, 0.2) is 5.96 Å². The first-order chi connectivity index (χ1) is 16.2. The number of hydrogen-bond donors (Lipinski definition) is 2. The third-order valence-corrected chi connectivity index (χ3v) is 5.52. The Hall–Kier alpha value is -3.93. The van der Waals surface area contributed by atoms with Crippen molar-refractivity contribution in [2.45, 2.75) is 26.3 Å². The van der Waals surface area contributed by atoms with Gasteiger partial charge in [-0.3, -0.25) is 4.57 Å². The molecular weight excluding hydrogens is 408 g/mol. The molecule has 0 radical (unpaired) electrons. The number of imidazole rings is 1. The van der Waals surface area contributed by atoms with Crippen LogP contribution in [-0.4, -0.2) is 33.6 Å². The van der Waals surface area contributed by atoms with Gasteiger partial charge in [-0.15, -0.1) is 0 Å². The van der Waals surface area contributed by atoms with Crippen LogP contribution in [0.2, 0.25) is 0 Å². The van der Waals surface area contributed by atoms with Gasteiger partial charge in [0.25, 0.3) is 0 Å². The Morgan fingerprint density at radius 3 is 2.15 bits per heavy atom. The Bertz CT molecular complexity index is 1110. The largest absolute Gasteiger partial charge is 0.357 e.